The Bertz CT molecular complexity index is 586. The molecule has 0 radical (unpaired) electrons. The summed E-state index contributed by atoms with van der Waals surface area (Å²) in [6.45, 7) is -0.00412. The van der Waals surface area contributed by atoms with Gasteiger partial charge in [-0.15, -0.1) is 0 Å². The lowest BCUT2D eigenvalue weighted by Crippen LogP contribution is -2.37. The van der Waals surface area contributed by atoms with Crippen LogP contribution >= 0.6 is 23.2 Å². The van der Waals surface area contributed by atoms with E-state index >= 15 is 0 Å². The van der Waals surface area contributed by atoms with Gasteiger partial charge < -0.3 is 5.11 Å². The molecular weight excluding hydrogens is 333 g/mol. The number of halogens is 2. The molecule has 0 amide bonds. The van der Waals surface area contributed by atoms with Gasteiger partial charge in [0.15, 0.2) is 0 Å². The van der Waals surface area contributed by atoms with Crippen molar-refractivity contribution in [3.8, 4) is 0 Å². The van der Waals surface area contributed by atoms with Crippen LogP contribution in [0.4, 0.5) is 0 Å². The summed E-state index contributed by atoms with van der Waals surface area (Å²) in [5.41, 5.74) is 0. The smallest absolute Gasteiger partial charge is 0.242 e. The van der Waals surface area contributed by atoms with Crippen molar-refractivity contribution in [3.63, 3.8) is 0 Å². The Morgan fingerprint density at radius 2 is 1.90 bits per heavy atom. The molecule has 7 heteroatoms. The summed E-state index contributed by atoms with van der Waals surface area (Å²) in [6.07, 6.45) is 4.59. The molecule has 1 aromatic carbocycles. The minimum atomic E-state index is -3.77. The van der Waals surface area contributed by atoms with Crippen molar-refractivity contribution >= 4 is 33.2 Å². The highest BCUT2D eigenvalue weighted by Crippen LogP contribution is 2.27. The Morgan fingerprint density at radius 3 is 2.57 bits per heavy atom. The molecule has 1 aliphatic carbocycles. The average molecular weight is 352 g/mol. The summed E-state index contributed by atoms with van der Waals surface area (Å²) in [4.78, 5) is -0.0625. The highest BCUT2D eigenvalue weighted by molar-refractivity contribution is 7.89. The summed E-state index contributed by atoms with van der Waals surface area (Å²) in [5.74, 6) is 0.163. The molecule has 0 spiro atoms. The second kappa shape index (κ2) is 7.29. The minimum Gasteiger partial charge on any atom is -0.391 e. The summed E-state index contributed by atoms with van der Waals surface area (Å²) < 4.78 is 26.9. The lowest BCUT2D eigenvalue weighted by Gasteiger charge is -2.26. The van der Waals surface area contributed by atoms with Crippen molar-refractivity contribution in [1.82, 2.24) is 4.72 Å². The summed E-state index contributed by atoms with van der Waals surface area (Å²) >= 11 is 11.7. The molecule has 1 fully saturated rings. The zero-order valence-corrected chi connectivity index (χ0v) is 13.9. The second-order valence-corrected chi connectivity index (χ2v) is 7.97. The number of hydrogen-bond acceptors (Lipinski definition) is 3. The van der Waals surface area contributed by atoms with Gasteiger partial charge in [-0.05, 0) is 37.0 Å². The summed E-state index contributed by atoms with van der Waals surface area (Å²) in [5, 5.41) is 10.5. The SMILES string of the molecule is O=S(=O)(NCC(O)C1CCCCC1)c1cc(Cl)ccc1Cl. The molecule has 1 aliphatic rings. The van der Waals surface area contributed by atoms with Crippen LogP contribution in [0.25, 0.3) is 0 Å². The van der Waals surface area contributed by atoms with E-state index in [0.717, 1.165) is 25.7 Å². The van der Waals surface area contributed by atoms with Gasteiger partial charge in [0.05, 0.1) is 11.1 Å². The number of sulfonamides is 1. The van der Waals surface area contributed by atoms with Gasteiger partial charge in [0, 0.05) is 11.6 Å². The van der Waals surface area contributed by atoms with E-state index in [4.69, 9.17) is 23.2 Å². The molecule has 0 saturated heterocycles. The van der Waals surface area contributed by atoms with Crippen LogP contribution < -0.4 is 4.72 Å². The Morgan fingerprint density at radius 1 is 1.24 bits per heavy atom. The van der Waals surface area contributed by atoms with E-state index in [1.165, 1.54) is 24.6 Å². The van der Waals surface area contributed by atoms with Crippen LogP contribution in [-0.2, 0) is 10.0 Å². The molecule has 0 heterocycles. The lowest BCUT2D eigenvalue weighted by molar-refractivity contribution is 0.0888. The van der Waals surface area contributed by atoms with Crippen molar-refractivity contribution in [1.29, 1.82) is 0 Å². The van der Waals surface area contributed by atoms with Crippen LogP contribution in [0, 0.1) is 5.92 Å². The minimum absolute atomic E-state index is 0.00412. The Kier molecular flexibility index (Phi) is 5.91. The topological polar surface area (TPSA) is 66.4 Å². The number of benzene rings is 1. The molecule has 1 unspecified atom stereocenters. The van der Waals surface area contributed by atoms with Crippen molar-refractivity contribution in [2.24, 2.45) is 5.92 Å². The van der Waals surface area contributed by atoms with Gasteiger partial charge in [-0.25, -0.2) is 13.1 Å². The first-order chi connectivity index (χ1) is 9.90. The van der Waals surface area contributed by atoms with Crippen LogP contribution in [0.15, 0.2) is 23.1 Å². The monoisotopic (exact) mass is 351 g/mol. The molecule has 4 nitrogen and oxygen atoms in total. The fourth-order valence-corrected chi connectivity index (χ4v) is 4.45. The lowest BCUT2D eigenvalue weighted by atomic mass is 9.85. The van der Waals surface area contributed by atoms with Gasteiger partial charge in [-0.3, -0.25) is 0 Å². The van der Waals surface area contributed by atoms with Crippen LogP contribution in [0.1, 0.15) is 32.1 Å². The zero-order valence-electron chi connectivity index (χ0n) is 11.6. The fourth-order valence-electron chi connectivity index (χ4n) is 2.64. The van der Waals surface area contributed by atoms with Crippen LogP contribution in [0.3, 0.4) is 0 Å². The van der Waals surface area contributed by atoms with Crippen LogP contribution in [-0.4, -0.2) is 26.2 Å². The molecule has 1 saturated carbocycles. The molecule has 1 atom stereocenters. The molecule has 21 heavy (non-hydrogen) atoms. The first-order valence-corrected chi connectivity index (χ1v) is 9.27. The zero-order chi connectivity index (χ0) is 15.5. The Balaban J connectivity index is 2.02. The summed E-state index contributed by atoms with van der Waals surface area (Å²) in [6, 6.07) is 4.27. The molecule has 2 N–H and O–H groups in total. The Labute approximate surface area is 135 Å². The number of aliphatic hydroxyl groups excluding tert-OH is 1. The predicted octanol–water partition coefficient (Wildman–Crippen LogP) is 3.21. The van der Waals surface area contributed by atoms with Gasteiger partial charge in [0.25, 0.3) is 0 Å². The highest BCUT2D eigenvalue weighted by Gasteiger charge is 2.25. The first-order valence-electron chi connectivity index (χ1n) is 7.03. The van der Waals surface area contributed by atoms with Crippen molar-refractivity contribution in [2.45, 2.75) is 43.1 Å². The quantitative estimate of drug-likeness (QED) is 0.855. The highest BCUT2D eigenvalue weighted by atomic mass is 35.5. The van der Waals surface area contributed by atoms with Gasteiger partial charge >= 0.3 is 0 Å². The molecule has 0 aromatic heterocycles. The maximum absolute atomic E-state index is 12.2. The molecule has 0 bridgehead atoms. The van der Waals surface area contributed by atoms with E-state index in [1.807, 2.05) is 0 Å². The van der Waals surface area contributed by atoms with Crippen molar-refractivity contribution in [3.05, 3.63) is 28.2 Å². The molecule has 2 rings (SSSR count). The second-order valence-electron chi connectivity index (χ2n) is 5.39. The molecule has 1 aromatic rings. The number of nitrogens with one attached hydrogen (secondary N) is 1. The third-order valence-corrected chi connectivity index (χ3v) is 6.00. The number of hydrogen-bond donors (Lipinski definition) is 2. The fraction of sp³-hybridized carbons (Fsp3) is 0.571. The maximum Gasteiger partial charge on any atom is 0.242 e. The van der Waals surface area contributed by atoms with E-state index in [-0.39, 0.29) is 22.4 Å². The number of aliphatic hydroxyl groups is 1. The average Bonchev–Trinajstić information content (AvgIpc) is 2.48. The van der Waals surface area contributed by atoms with Crippen LogP contribution in [0.2, 0.25) is 10.0 Å². The van der Waals surface area contributed by atoms with Crippen molar-refractivity contribution < 1.29 is 13.5 Å². The number of rotatable bonds is 5. The van der Waals surface area contributed by atoms with Gasteiger partial charge in [-0.2, -0.15) is 0 Å². The molecule has 0 aliphatic heterocycles. The largest absolute Gasteiger partial charge is 0.391 e. The predicted molar refractivity (Wildman–Crippen MR) is 84.2 cm³/mol. The van der Waals surface area contributed by atoms with Crippen molar-refractivity contribution in [2.75, 3.05) is 6.54 Å². The van der Waals surface area contributed by atoms with E-state index in [0.29, 0.717) is 5.02 Å². The molecular formula is C14H19Cl2NO3S. The standard InChI is InChI=1S/C14H19Cl2NO3S/c15-11-6-7-12(16)14(8-11)21(19,20)17-9-13(18)10-4-2-1-3-5-10/h6-8,10,13,17-18H,1-5,9H2. The molecule has 118 valence electrons. The van der Waals surface area contributed by atoms with Gasteiger partial charge in [-0.1, -0.05) is 42.5 Å². The Hall–Kier alpha value is -0.330. The van der Waals surface area contributed by atoms with Crippen LogP contribution in [0.5, 0.6) is 0 Å². The first kappa shape index (κ1) is 17.0. The van der Waals surface area contributed by atoms with E-state index in [2.05, 4.69) is 4.72 Å². The van der Waals surface area contributed by atoms with E-state index in [1.54, 1.807) is 0 Å². The normalized spacial score (nSPS) is 18.6. The van der Waals surface area contributed by atoms with E-state index < -0.39 is 16.1 Å². The van der Waals surface area contributed by atoms with Gasteiger partial charge in [0.1, 0.15) is 4.90 Å². The maximum atomic E-state index is 12.2. The third kappa shape index (κ3) is 4.57. The summed E-state index contributed by atoms with van der Waals surface area (Å²) in [7, 11) is -3.77. The van der Waals surface area contributed by atoms with E-state index in [9.17, 15) is 13.5 Å². The van der Waals surface area contributed by atoms with Gasteiger partial charge in [0.2, 0.25) is 10.0 Å². The third-order valence-electron chi connectivity index (χ3n) is 3.86.